The number of anilines is 1. The van der Waals surface area contributed by atoms with Gasteiger partial charge in [-0.25, -0.2) is 4.98 Å². The molecule has 1 aliphatic heterocycles. The molecule has 11 nitrogen and oxygen atoms in total. The van der Waals surface area contributed by atoms with E-state index >= 15 is 0 Å². The maximum absolute atomic E-state index is 12.7. The van der Waals surface area contributed by atoms with Crippen LogP contribution >= 0.6 is 0 Å². The Morgan fingerprint density at radius 2 is 2.20 bits per heavy atom. The van der Waals surface area contributed by atoms with Gasteiger partial charge in [-0.2, -0.15) is 20.2 Å². The Hall–Kier alpha value is -3.78. The molecular weight excluding hydrogens is 448 g/mol. The van der Waals surface area contributed by atoms with Crippen molar-refractivity contribution in [2.24, 2.45) is 11.8 Å². The van der Waals surface area contributed by atoms with Crippen molar-refractivity contribution < 1.29 is 14.6 Å². The van der Waals surface area contributed by atoms with Crippen LogP contribution in [0.1, 0.15) is 48.3 Å². The molecule has 1 saturated carbocycles. The first-order chi connectivity index (χ1) is 17.1. The molecule has 1 amide bonds. The van der Waals surface area contributed by atoms with Gasteiger partial charge in [0.25, 0.3) is 5.91 Å². The number of aliphatic hydroxyl groups is 1. The highest BCUT2D eigenvalue weighted by Gasteiger charge is 2.38. The number of ether oxygens (including phenoxy) is 1. The number of H-pyrrole nitrogens is 1. The van der Waals surface area contributed by atoms with Crippen LogP contribution in [-0.2, 0) is 0 Å². The fourth-order valence-electron chi connectivity index (χ4n) is 4.46. The summed E-state index contributed by atoms with van der Waals surface area (Å²) < 4.78 is 5.76. The summed E-state index contributed by atoms with van der Waals surface area (Å²) in [6.07, 6.45) is 6.43. The van der Waals surface area contributed by atoms with Gasteiger partial charge < -0.3 is 25.0 Å². The zero-order valence-electron chi connectivity index (χ0n) is 19.5. The molecule has 2 fully saturated rings. The van der Waals surface area contributed by atoms with Crippen LogP contribution in [0.25, 0.3) is 11.0 Å². The minimum atomic E-state index is -0.498. The number of nitrogens with zero attached hydrogens (tertiary/aromatic N) is 6. The van der Waals surface area contributed by atoms with E-state index in [9.17, 15) is 9.90 Å². The molecule has 1 saturated heterocycles. The minimum Gasteiger partial charge on any atom is -0.463 e. The molecule has 0 radical (unpaired) electrons. The molecule has 5 rings (SSSR count). The number of pyridine rings is 1. The minimum absolute atomic E-state index is 0.00298. The maximum atomic E-state index is 12.7. The fourth-order valence-corrected chi connectivity index (χ4v) is 4.46. The number of rotatable bonds is 8. The number of aliphatic hydroxyl groups excluding tert-OH is 1. The van der Waals surface area contributed by atoms with Crippen LogP contribution in [-0.4, -0.2) is 68.3 Å². The molecule has 3 N–H and O–H groups in total. The summed E-state index contributed by atoms with van der Waals surface area (Å²) >= 11 is 0. The molecule has 0 spiro atoms. The Bertz CT molecular complexity index is 1250. The van der Waals surface area contributed by atoms with Gasteiger partial charge in [0.1, 0.15) is 5.65 Å². The number of fused-ring (bicyclic) bond motifs is 1. The first-order valence-electron chi connectivity index (χ1n) is 11.9. The third kappa shape index (κ3) is 5.02. The van der Waals surface area contributed by atoms with E-state index in [-0.39, 0.29) is 30.3 Å². The van der Waals surface area contributed by atoms with Crippen LogP contribution in [0.2, 0.25) is 0 Å². The number of hydrogen-bond donors (Lipinski definition) is 3. The number of nitrogens with one attached hydrogen (secondary N) is 2. The second-order valence-corrected chi connectivity index (χ2v) is 9.25. The third-order valence-electron chi connectivity index (χ3n) is 6.67. The van der Waals surface area contributed by atoms with E-state index < -0.39 is 11.9 Å². The van der Waals surface area contributed by atoms with E-state index in [1.54, 1.807) is 13.1 Å². The zero-order chi connectivity index (χ0) is 24.4. The largest absolute Gasteiger partial charge is 0.463 e. The highest BCUT2D eigenvalue weighted by Crippen LogP contribution is 2.38. The fraction of sp³-hybridized carbons (Fsp3) is 0.500. The Labute approximate surface area is 202 Å². The van der Waals surface area contributed by atoms with Crippen LogP contribution in [0, 0.1) is 23.2 Å². The standard InChI is InChI=1S/C24H28N8O3/c1-14(12-33)28-22(34)21-29-23(31-24(30-21)35-13-17-9-16(17)10-25)32-7-4-15(5-8-32)19-11-27-20-18(19)3-2-6-26-20/h2-3,6,11,14-17,33H,4-5,7-9,12-13H2,1H3,(H,26,27)(H,28,34)/t14-,16?,17-/m1/s1. The molecule has 2 aliphatic rings. The molecule has 0 bridgehead atoms. The first kappa shape index (κ1) is 23.0. The number of hydrogen-bond acceptors (Lipinski definition) is 9. The summed E-state index contributed by atoms with van der Waals surface area (Å²) in [4.78, 5) is 35.5. The van der Waals surface area contributed by atoms with Crippen molar-refractivity contribution in [2.45, 2.75) is 38.1 Å². The Balaban J connectivity index is 1.32. The van der Waals surface area contributed by atoms with E-state index in [2.05, 4.69) is 42.4 Å². The van der Waals surface area contributed by atoms with Crippen LogP contribution in [0.4, 0.5) is 5.95 Å². The number of amides is 1. The molecule has 4 heterocycles. The van der Waals surface area contributed by atoms with Crippen molar-refractivity contribution in [3.05, 3.63) is 35.9 Å². The van der Waals surface area contributed by atoms with Crippen molar-refractivity contribution in [2.75, 3.05) is 31.2 Å². The van der Waals surface area contributed by atoms with Crippen molar-refractivity contribution in [1.29, 1.82) is 5.26 Å². The smallest absolute Gasteiger partial charge is 0.321 e. The van der Waals surface area contributed by atoms with Crippen molar-refractivity contribution in [3.8, 4) is 12.1 Å². The lowest BCUT2D eigenvalue weighted by molar-refractivity contribution is 0.0909. The van der Waals surface area contributed by atoms with Gasteiger partial charge in [-0.1, -0.05) is 0 Å². The third-order valence-corrected chi connectivity index (χ3v) is 6.67. The molecule has 1 aliphatic carbocycles. The summed E-state index contributed by atoms with van der Waals surface area (Å²) in [7, 11) is 0. The van der Waals surface area contributed by atoms with E-state index in [4.69, 9.17) is 10.00 Å². The van der Waals surface area contributed by atoms with Gasteiger partial charge in [-0.05, 0) is 49.8 Å². The van der Waals surface area contributed by atoms with Gasteiger partial charge in [-0.15, -0.1) is 0 Å². The van der Waals surface area contributed by atoms with E-state index in [0.717, 1.165) is 30.3 Å². The monoisotopic (exact) mass is 476 g/mol. The van der Waals surface area contributed by atoms with Gasteiger partial charge in [0, 0.05) is 42.8 Å². The van der Waals surface area contributed by atoms with Gasteiger partial charge in [-0.3, -0.25) is 4.79 Å². The number of aromatic amines is 1. The maximum Gasteiger partial charge on any atom is 0.321 e. The first-order valence-corrected chi connectivity index (χ1v) is 11.9. The Kier molecular flexibility index (Phi) is 6.46. The summed E-state index contributed by atoms with van der Waals surface area (Å²) in [5, 5.41) is 22.1. The van der Waals surface area contributed by atoms with Crippen molar-refractivity contribution in [1.82, 2.24) is 30.2 Å². The lowest BCUT2D eigenvalue weighted by atomic mass is 9.89. The molecule has 1 unspecified atom stereocenters. The lowest BCUT2D eigenvalue weighted by Crippen LogP contribution is -2.38. The normalized spacial score (nSPS) is 20.9. The molecular formula is C24H28N8O3. The number of carbonyl (C=O) groups excluding carboxylic acids is 1. The number of nitriles is 1. The Morgan fingerprint density at radius 3 is 2.94 bits per heavy atom. The van der Waals surface area contributed by atoms with Gasteiger partial charge in [0.2, 0.25) is 11.8 Å². The second kappa shape index (κ2) is 9.84. The topological polar surface area (TPSA) is 153 Å². The number of piperidine rings is 1. The van der Waals surface area contributed by atoms with Crippen LogP contribution in [0.5, 0.6) is 6.01 Å². The van der Waals surface area contributed by atoms with E-state index in [0.29, 0.717) is 31.6 Å². The van der Waals surface area contributed by atoms with Gasteiger partial charge >= 0.3 is 6.01 Å². The van der Waals surface area contributed by atoms with E-state index in [1.165, 1.54) is 5.56 Å². The van der Waals surface area contributed by atoms with Crippen LogP contribution < -0.4 is 15.0 Å². The van der Waals surface area contributed by atoms with Gasteiger partial charge in [0.05, 0.1) is 25.2 Å². The predicted molar refractivity (Wildman–Crippen MR) is 127 cm³/mol. The van der Waals surface area contributed by atoms with Crippen LogP contribution in [0.15, 0.2) is 24.5 Å². The second-order valence-electron chi connectivity index (χ2n) is 9.25. The molecule has 182 valence electrons. The molecule has 3 aromatic heterocycles. The molecule has 3 aromatic rings. The summed E-state index contributed by atoms with van der Waals surface area (Å²) in [5.74, 6) is 0.387. The molecule has 3 atom stereocenters. The summed E-state index contributed by atoms with van der Waals surface area (Å²) in [6.45, 7) is 3.26. The highest BCUT2D eigenvalue weighted by atomic mass is 16.5. The summed E-state index contributed by atoms with van der Waals surface area (Å²) in [5.41, 5.74) is 2.16. The molecule has 35 heavy (non-hydrogen) atoms. The quantitative estimate of drug-likeness (QED) is 0.441. The Morgan fingerprint density at radius 1 is 1.37 bits per heavy atom. The highest BCUT2D eigenvalue weighted by molar-refractivity contribution is 5.91. The molecule has 0 aromatic carbocycles. The number of aromatic nitrogens is 5. The zero-order valence-corrected chi connectivity index (χ0v) is 19.5. The van der Waals surface area contributed by atoms with Crippen molar-refractivity contribution in [3.63, 3.8) is 0 Å². The predicted octanol–water partition coefficient (Wildman–Crippen LogP) is 1.78. The number of carbonyl (C=O) groups is 1. The molecule has 11 heteroatoms. The van der Waals surface area contributed by atoms with Crippen LogP contribution in [0.3, 0.4) is 0 Å². The average molecular weight is 477 g/mol. The van der Waals surface area contributed by atoms with E-state index in [1.807, 2.05) is 17.2 Å². The summed E-state index contributed by atoms with van der Waals surface area (Å²) in [6, 6.07) is 5.92. The average Bonchev–Trinajstić information content (AvgIpc) is 3.54. The van der Waals surface area contributed by atoms with Gasteiger partial charge in [0.15, 0.2) is 0 Å². The van der Waals surface area contributed by atoms with Crippen molar-refractivity contribution >= 4 is 22.9 Å². The SMILES string of the molecule is C[C@H](CO)NC(=O)c1nc(OC[C@H]2CC2C#N)nc(N2CCC(c3c[nH]c4ncccc34)CC2)n1. The lowest BCUT2D eigenvalue weighted by Gasteiger charge is -2.32.